The Morgan fingerprint density at radius 3 is 2.57 bits per heavy atom. The smallest absolute Gasteiger partial charge is 0.249 e. The Hall–Kier alpha value is -3.60. The van der Waals surface area contributed by atoms with Crippen LogP contribution in [0.3, 0.4) is 0 Å². The minimum Gasteiger partial charge on any atom is -0.496 e. The van der Waals surface area contributed by atoms with E-state index < -0.39 is 30.3 Å². The van der Waals surface area contributed by atoms with Gasteiger partial charge in [-0.25, -0.2) is 0 Å². The van der Waals surface area contributed by atoms with Crippen molar-refractivity contribution in [3.8, 4) is 11.5 Å². The van der Waals surface area contributed by atoms with Crippen molar-refractivity contribution in [3.63, 3.8) is 0 Å². The standard InChI is InChI=1S/C33H49N5O6/c1-8-21(4)28(36(5)6)31(40)35-24(18-20(2)3)32(41)38-17-14-27-29(38)33(42)37-16-9-10-25(37)30(39)34-15-13-22-19-23(44-27)11-12-26(22)43-7/h11-13,15,19-21,24-25,27-29H,8-10,14,16-18H2,1-7H3,(H,34,39)(H,35,40)/t21-,24+,25+,27+,28-,29+/m0/s1. The summed E-state index contributed by atoms with van der Waals surface area (Å²) in [5.74, 6) is 0.245. The highest BCUT2D eigenvalue weighted by molar-refractivity contribution is 5.96. The maximum Gasteiger partial charge on any atom is 0.249 e. The van der Waals surface area contributed by atoms with Gasteiger partial charge in [-0.15, -0.1) is 0 Å². The predicted molar refractivity (Wildman–Crippen MR) is 168 cm³/mol. The second-order valence-electron chi connectivity index (χ2n) is 12.8. The van der Waals surface area contributed by atoms with Crippen LogP contribution in [-0.2, 0) is 19.2 Å². The molecule has 4 amide bonds. The van der Waals surface area contributed by atoms with Gasteiger partial charge >= 0.3 is 0 Å². The number of fused-ring (bicyclic) bond motifs is 4. The van der Waals surface area contributed by atoms with Crippen molar-refractivity contribution in [3.05, 3.63) is 30.0 Å². The van der Waals surface area contributed by atoms with Crippen molar-refractivity contribution < 1.29 is 28.7 Å². The molecule has 2 bridgehead atoms. The number of hydrogen-bond acceptors (Lipinski definition) is 7. The highest BCUT2D eigenvalue weighted by atomic mass is 16.5. The third kappa shape index (κ3) is 7.20. The number of hydrogen-bond donors (Lipinski definition) is 2. The number of amides is 4. The molecule has 44 heavy (non-hydrogen) atoms. The molecule has 3 heterocycles. The van der Waals surface area contributed by atoms with Crippen LogP contribution in [0.25, 0.3) is 6.08 Å². The number of methoxy groups -OCH3 is 1. The van der Waals surface area contributed by atoms with Gasteiger partial charge in [-0.2, -0.15) is 0 Å². The molecule has 1 aromatic rings. The maximum atomic E-state index is 14.4. The lowest BCUT2D eigenvalue weighted by atomic mass is 9.96. The summed E-state index contributed by atoms with van der Waals surface area (Å²) in [6.45, 7) is 8.79. The summed E-state index contributed by atoms with van der Waals surface area (Å²) in [5, 5.41) is 5.88. The van der Waals surface area contributed by atoms with Crippen molar-refractivity contribution in [1.29, 1.82) is 0 Å². The molecule has 2 N–H and O–H groups in total. The van der Waals surface area contributed by atoms with Gasteiger partial charge in [-0.1, -0.05) is 34.1 Å². The number of likely N-dealkylation sites (tertiary alicyclic amines) is 1. The lowest BCUT2D eigenvalue weighted by molar-refractivity contribution is -0.150. The fourth-order valence-corrected chi connectivity index (χ4v) is 6.68. The van der Waals surface area contributed by atoms with E-state index in [9.17, 15) is 19.2 Å². The lowest BCUT2D eigenvalue weighted by Crippen LogP contribution is -2.60. The van der Waals surface area contributed by atoms with E-state index in [1.807, 2.05) is 46.7 Å². The fraction of sp³-hybridized carbons (Fsp3) is 0.636. The van der Waals surface area contributed by atoms with Crippen molar-refractivity contribution in [1.82, 2.24) is 25.3 Å². The number of ether oxygens (including phenoxy) is 2. The number of benzene rings is 1. The Kier molecular flexibility index (Phi) is 10.9. The van der Waals surface area contributed by atoms with Crippen molar-refractivity contribution in [2.24, 2.45) is 11.8 Å². The minimum absolute atomic E-state index is 0.0865. The summed E-state index contributed by atoms with van der Waals surface area (Å²) in [6.07, 6.45) is 5.54. The number of carbonyl (C=O) groups is 4. The van der Waals surface area contributed by atoms with Crippen LogP contribution in [0.15, 0.2) is 24.4 Å². The molecule has 0 radical (unpaired) electrons. The Morgan fingerprint density at radius 1 is 1.16 bits per heavy atom. The molecule has 2 fully saturated rings. The zero-order chi connectivity index (χ0) is 32.1. The second kappa shape index (κ2) is 14.5. The number of likely N-dealkylation sites (N-methyl/N-ethyl adjacent to an activating group) is 1. The molecule has 242 valence electrons. The van der Waals surface area contributed by atoms with Crippen LogP contribution in [0.1, 0.15) is 65.4 Å². The Morgan fingerprint density at radius 2 is 1.91 bits per heavy atom. The van der Waals surface area contributed by atoms with Crippen LogP contribution < -0.4 is 20.1 Å². The maximum absolute atomic E-state index is 14.4. The molecule has 0 unspecified atom stereocenters. The van der Waals surface area contributed by atoms with Gasteiger partial charge in [0.05, 0.1) is 13.2 Å². The normalized spacial score (nSPS) is 23.9. The van der Waals surface area contributed by atoms with E-state index in [-0.39, 0.29) is 35.5 Å². The van der Waals surface area contributed by atoms with Crippen molar-refractivity contribution in [2.45, 2.75) is 90.1 Å². The van der Waals surface area contributed by atoms with Crippen LogP contribution in [0.4, 0.5) is 0 Å². The Labute approximate surface area is 261 Å². The number of nitrogens with zero attached hydrogens (tertiary/aromatic N) is 3. The van der Waals surface area contributed by atoms with E-state index in [4.69, 9.17) is 9.47 Å². The van der Waals surface area contributed by atoms with Gasteiger partial charge in [0.25, 0.3) is 0 Å². The van der Waals surface area contributed by atoms with Crippen LogP contribution in [0, 0.1) is 11.8 Å². The third-order valence-corrected chi connectivity index (χ3v) is 9.02. The monoisotopic (exact) mass is 611 g/mol. The first kappa shape index (κ1) is 33.3. The highest BCUT2D eigenvalue weighted by Gasteiger charge is 2.49. The van der Waals surface area contributed by atoms with E-state index in [1.54, 1.807) is 47.4 Å². The molecule has 2 saturated heterocycles. The minimum atomic E-state index is -0.944. The quantitative estimate of drug-likeness (QED) is 0.441. The summed E-state index contributed by atoms with van der Waals surface area (Å²) in [5.41, 5.74) is 0.707. The highest BCUT2D eigenvalue weighted by Crippen LogP contribution is 2.32. The van der Waals surface area contributed by atoms with Gasteiger partial charge in [0, 0.05) is 31.3 Å². The molecule has 3 aliphatic rings. The fourth-order valence-electron chi connectivity index (χ4n) is 6.68. The first-order chi connectivity index (χ1) is 21.0. The predicted octanol–water partition coefficient (Wildman–Crippen LogP) is 2.64. The third-order valence-electron chi connectivity index (χ3n) is 9.02. The van der Waals surface area contributed by atoms with Gasteiger partial charge < -0.3 is 29.9 Å². The number of nitrogens with one attached hydrogen (secondary N) is 2. The van der Waals surface area contributed by atoms with E-state index in [0.717, 1.165) is 6.42 Å². The Bertz CT molecular complexity index is 1250. The average Bonchev–Trinajstić information content (AvgIpc) is 3.63. The van der Waals surface area contributed by atoms with Gasteiger partial charge in [0.15, 0.2) is 0 Å². The summed E-state index contributed by atoms with van der Waals surface area (Å²) in [4.78, 5) is 60.5. The van der Waals surface area contributed by atoms with Crippen LogP contribution >= 0.6 is 0 Å². The van der Waals surface area contributed by atoms with Gasteiger partial charge in [0.1, 0.15) is 35.7 Å². The van der Waals surface area contributed by atoms with Crippen LogP contribution in [-0.4, -0.2) is 103 Å². The molecule has 1 aromatic carbocycles. The number of carbonyl (C=O) groups excluding carboxylic acids is 4. The molecular weight excluding hydrogens is 562 g/mol. The molecular formula is C33H49N5O6. The molecule has 0 saturated carbocycles. The second-order valence-corrected chi connectivity index (χ2v) is 12.8. The molecule has 11 heteroatoms. The zero-order valence-electron chi connectivity index (χ0n) is 27.2. The SMILES string of the molecule is CC[C@H](C)[C@@H](C(=O)N[C@H](CC(C)C)C(=O)N1CC[C@H]2Oc3ccc(OC)c(c3)C=CNC(=O)[C@H]3CCCN3C(=O)[C@@H]21)N(C)C. The zero-order valence-corrected chi connectivity index (χ0v) is 27.2. The topological polar surface area (TPSA) is 121 Å². The molecule has 0 aliphatic carbocycles. The molecule has 0 spiro atoms. The number of rotatable bonds is 9. The van der Waals surface area contributed by atoms with Crippen molar-refractivity contribution >= 4 is 29.7 Å². The van der Waals surface area contributed by atoms with E-state index >= 15 is 0 Å². The van der Waals surface area contributed by atoms with Crippen LogP contribution in [0.5, 0.6) is 11.5 Å². The lowest BCUT2D eigenvalue weighted by Gasteiger charge is -2.36. The first-order valence-electron chi connectivity index (χ1n) is 15.9. The molecule has 11 nitrogen and oxygen atoms in total. The first-order valence-corrected chi connectivity index (χ1v) is 15.9. The van der Waals surface area contributed by atoms with Crippen molar-refractivity contribution in [2.75, 3.05) is 34.3 Å². The van der Waals surface area contributed by atoms with Crippen LogP contribution in [0.2, 0.25) is 0 Å². The molecule has 3 aliphatic heterocycles. The molecule has 0 aromatic heterocycles. The van der Waals surface area contributed by atoms with Gasteiger partial charge in [-0.05, 0) is 69.5 Å². The largest absolute Gasteiger partial charge is 0.496 e. The summed E-state index contributed by atoms with van der Waals surface area (Å²) < 4.78 is 11.9. The summed E-state index contributed by atoms with van der Waals surface area (Å²) in [6, 6.07) is 2.54. The van der Waals surface area contributed by atoms with E-state index in [1.165, 1.54) is 0 Å². The summed E-state index contributed by atoms with van der Waals surface area (Å²) in [7, 11) is 5.31. The van der Waals surface area contributed by atoms with E-state index in [2.05, 4.69) is 10.6 Å². The van der Waals surface area contributed by atoms with Gasteiger partial charge in [0.2, 0.25) is 23.6 Å². The van der Waals surface area contributed by atoms with Gasteiger partial charge in [-0.3, -0.25) is 24.1 Å². The molecule has 6 atom stereocenters. The van der Waals surface area contributed by atoms with E-state index in [0.29, 0.717) is 55.8 Å². The average molecular weight is 612 g/mol. The molecule has 4 rings (SSSR count). The Balaban J connectivity index is 1.69. The summed E-state index contributed by atoms with van der Waals surface area (Å²) >= 11 is 0.